The topological polar surface area (TPSA) is 74.8 Å². The molecule has 2 N–H and O–H groups in total. The molecule has 5 nitrogen and oxygen atoms in total. The SMILES string of the molecule is Cc1nc(C)c(CC(=O)NC(C)Cc2cccc(Cl)c2)c(=O)[nH]1. The van der Waals surface area contributed by atoms with Gasteiger partial charge in [-0.05, 0) is 44.9 Å². The van der Waals surface area contributed by atoms with E-state index in [1.54, 1.807) is 13.8 Å². The minimum absolute atomic E-state index is 0.0222. The van der Waals surface area contributed by atoms with Crippen molar-refractivity contribution in [1.29, 1.82) is 0 Å². The lowest BCUT2D eigenvalue weighted by atomic mass is 10.1. The maximum atomic E-state index is 12.2. The summed E-state index contributed by atoms with van der Waals surface area (Å²) in [6.45, 7) is 5.37. The zero-order valence-corrected chi connectivity index (χ0v) is 14.2. The van der Waals surface area contributed by atoms with Crippen molar-refractivity contribution in [1.82, 2.24) is 15.3 Å². The normalized spacial score (nSPS) is 12.0. The summed E-state index contributed by atoms with van der Waals surface area (Å²) in [6.07, 6.45) is 0.697. The molecule has 1 unspecified atom stereocenters. The summed E-state index contributed by atoms with van der Waals surface area (Å²) in [5.74, 6) is 0.352. The Bertz CT molecular complexity index is 771. The van der Waals surface area contributed by atoms with Crippen LogP contribution >= 0.6 is 11.6 Å². The number of halogens is 1. The van der Waals surface area contributed by atoms with Gasteiger partial charge < -0.3 is 10.3 Å². The van der Waals surface area contributed by atoms with E-state index in [-0.39, 0.29) is 23.9 Å². The first-order valence-electron chi connectivity index (χ1n) is 7.45. The van der Waals surface area contributed by atoms with Crippen LogP contribution in [0.4, 0.5) is 0 Å². The molecule has 1 heterocycles. The van der Waals surface area contributed by atoms with Gasteiger partial charge in [0.25, 0.3) is 5.56 Å². The first kappa shape index (κ1) is 17.2. The molecule has 0 aliphatic heterocycles. The van der Waals surface area contributed by atoms with Crippen molar-refractivity contribution in [2.45, 2.75) is 39.7 Å². The van der Waals surface area contributed by atoms with Crippen LogP contribution in [0.2, 0.25) is 5.02 Å². The number of hydrogen-bond acceptors (Lipinski definition) is 3. The van der Waals surface area contributed by atoms with Gasteiger partial charge >= 0.3 is 0 Å². The van der Waals surface area contributed by atoms with E-state index in [4.69, 9.17) is 11.6 Å². The number of nitrogens with zero attached hydrogens (tertiary/aromatic N) is 1. The number of rotatable bonds is 5. The first-order chi connectivity index (χ1) is 10.8. The zero-order valence-electron chi connectivity index (χ0n) is 13.4. The van der Waals surface area contributed by atoms with E-state index in [1.165, 1.54) is 0 Å². The van der Waals surface area contributed by atoms with E-state index < -0.39 is 0 Å². The van der Waals surface area contributed by atoms with Gasteiger partial charge in [-0.15, -0.1) is 0 Å². The average molecular weight is 334 g/mol. The van der Waals surface area contributed by atoms with E-state index in [0.717, 1.165) is 5.56 Å². The predicted molar refractivity (Wildman–Crippen MR) is 90.8 cm³/mol. The monoisotopic (exact) mass is 333 g/mol. The predicted octanol–water partition coefficient (Wildman–Crippen LogP) is 2.33. The summed E-state index contributed by atoms with van der Waals surface area (Å²) in [5, 5.41) is 3.58. The summed E-state index contributed by atoms with van der Waals surface area (Å²) in [4.78, 5) is 30.9. The second-order valence-electron chi connectivity index (χ2n) is 5.69. The highest BCUT2D eigenvalue weighted by Crippen LogP contribution is 2.12. The van der Waals surface area contributed by atoms with Crippen molar-refractivity contribution in [2.75, 3.05) is 0 Å². The first-order valence-corrected chi connectivity index (χ1v) is 7.83. The number of carbonyl (C=O) groups excluding carboxylic acids is 1. The fourth-order valence-corrected chi connectivity index (χ4v) is 2.73. The lowest BCUT2D eigenvalue weighted by molar-refractivity contribution is -0.121. The number of amides is 1. The summed E-state index contributed by atoms with van der Waals surface area (Å²) in [6, 6.07) is 7.48. The van der Waals surface area contributed by atoms with Crippen molar-refractivity contribution in [3.63, 3.8) is 0 Å². The Morgan fingerprint density at radius 2 is 2.13 bits per heavy atom. The number of carbonyl (C=O) groups is 1. The Hall–Kier alpha value is -2.14. The van der Waals surface area contributed by atoms with Crippen LogP contribution in [-0.2, 0) is 17.6 Å². The maximum Gasteiger partial charge on any atom is 0.254 e. The lowest BCUT2D eigenvalue weighted by Crippen LogP contribution is -2.36. The van der Waals surface area contributed by atoms with E-state index in [1.807, 2.05) is 31.2 Å². The molecular formula is C17H20ClN3O2. The second-order valence-corrected chi connectivity index (χ2v) is 6.13. The molecule has 0 aliphatic rings. The fourth-order valence-electron chi connectivity index (χ4n) is 2.51. The number of aromatic nitrogens is 2. The molecule has 0 fully saturated rings. The summed E-state index contributed by atoms with van der Waals surface area (Å²) in [5.41, 5.74) is 1.79. The number of nitrogens with one attached hydrogen (secondary N) is 2. The summed E-state index contributed by atoms with van der Waals surface area (Å²) >= 11 is 5.96. The number of hydrogen-bond donors (Lipinski definition) is 2. The number of benzene rings is 1. The van der Waals surface area contributed by atoms with Crippen molar-refractivity contribution in [3.05, 3.63) is 62.3 Å². The van der Waals surface area contributed by atoms with Gasteiger partial charge in [-0.2, -0.15) is 0 Å². The van der Waals surface area contributed by atoms with Crippen LogP contribution in [0.1, 0.15) is 29.6 Å². The summed E-state index contributed by atoms with van der Waals surface area (Å²) < 4.78 is 0. The number of aryl methyl sites for hydroxylation is 2. The van der Waals surface area contributed by atoms with Gasteiger partial charge in [0.2, 0.25) is 5.91 Å². The molecule has 23 heavy (non-hydrogen) atoms. The molecule has 0 saturated carbocycles. The molecular weight excluding hydrogens is 314 g/mol. The van der Waals surface area contributed by atoms with Gasteiger partial charge in [-0.1, -0.05) is 23.7 Å². The molecule has 0 bridgehead atoms. The van der Waals surface area contributed by atoms with Crippen LogP contribution in [0.3, 0.4) is 0 Å². The van der Waals surface area contributed by atoms with Gasteiger partial charge in [0.1, 0.15) is 5.82 Å². The van der Waals surface area contributed by atoms with Gasteiger partial charge in [0.05, 0.1) is 6.42 Å². The molecule has 2 aromatic rings. The Balaban J connectivity index is 1.98. The highest BCUT2D eigenvalue weighted by Gasteiger charge is 2.14. The van der Waals surface area contributed by atoms with E-state index >= 15 is 0 Å². The standard InChI is InChI=1S/C17H20ClN3O2/c1-10(7-13-5-4-6-14(18)8-13)19-16(22)9-15-11(2)20-12(3)21-17(15)23/h4-6,8,10H,7,9H2,1-3H3,(H,19,22)(H,20,21,23). The smallest absolute Gasteiger partial charge is 0.254 e. The highest BCUT2D eigenvalue weighted by atomic mass is 35.5. The van der Waals surface area contributed by atoms with Crippen molar-refractivity contribution < 1.29 is 4.79 Å². The van der Waals surface area contributed by atoms with Gasteiger partial charge in [-0.3, -0.25) is 9.59 Å². The van der Waals surface area contributed by atoms with Crippen molar-refractivity contribution in [2.24, 2.45) is 0 Å². The van der Waals surface area contributed by atoms with E-state index in [2.05, 4.69) is 15.3 Å². The molecule has 1 amide bonds. The van der Waals surface area contributed by atoms with Crippen LogP contribution in [0, 0.1) is 13.8 Å². The van der Waals surface area contributed by atoms with Crippen LogP contribution in [0.25, 0.3) is 0 Å². The Labute approximate surface area is 140 Å². The van der Waals surface area contributed by atoms with E-state index in [0.29, 0.717) is 28.5 Å². The molecule has 0 saturated heterocycles. The third kappa shape index (κ3) is 4.93. The van der Waals surface area contributed by atoms with Crippen LogP contribution in [0.15, 0.2) is 29.1 Å². The van der Waals surface area contributed by atoms with Gasteiger partial charge in [0, 0.05) is 22.3 Å². The van der Waals surface area contributed by atoms with Crippen molar-refractivity contribution in [3.8, 4) is 0 Å². The third-order valence-electron chi connectivity index (χ3n) is 3.52. The summed E-state index contributed by atoms with van der Waals surface area (Å²) in [7, 11) is 0. The molecule has 0 aliphatic carbocycles. The van der Waals surface area contributed by atoms with Crippen molar-refractivity contribution >= 4 is 17.5 Å². The van der Waals surface area contributed by atoms with E-state index in [9.17, 15) is 9.59 Å². The van der Waals surface area contributed by atoms with Gasteiger partial charge in [0.15, 0.2) is 0 Å². The van der Waals surface area contributed by atoms with Gasteiger partial charge in [-0.25, -0.2) is 4.98 Å². The number of H-pyrrole nitrogens is 1. The molecule has 0 spiro atoms. The molecule has 122 valence electrons. The fraction of sp³-hybridized carbons (Fsp3) is 0.353. The Morgan fingerprint density at radius 1 is 1.39 bits per heavy atom. The second kappa shape index (κ2) is 7.42. The third-order valence-corrected chi connectivity index (χ3v) is 3.75. The minimum Gasteiger partial charge on any atom is -0.353 e. The largest absolute Gasteiger partial charge is 0.353 e. The molecule has 1 aromatic heterocycles. The highest BCUT2D eigenvalue weighted by molar-refractivity contribution is 6.30. The molecule has 1 aromatic carbocycles. The quantitative estimate of drug-likeness (QED) is 0.881. The number of aromatic amines is 1. The molecule has 0 radical (unpaired) electrons. The molecule has 6 heteroatoms. The average Bonchev–Trinajstić information content (AvgIpc) is 2.42. The molecule has 2 rings (SSSR count). The molecule has 1 atom stereocenters. The Kier molecular flexibility index (Phi) is 5.55. The zero-order chi connectivity index (χ0) is 17.0. The van der Waals surface area contributed by atoms with Crippen LogP contribution in [0.5, 0.6) is 0 Å². The minimum atomic E-state index is -0.257. The van der Waals surface area contributed by atoms with Crippen LogP contribution in [-0.4, -0.2) is 21.9 Å². The van der Waals surface area contributed by atoms with Crippen LogP contribution < -0.4 is 10.9 Å². The lowest BCUT2D eigenvalue weighted by Gasteiger charge is -2.14. The Morgan fingerprint density at radius 3 is 2.78 bits per heavy atom. The maximum absolute atomic E-state index is 12.2.